The topological polar surface area (TPSA) is 55.1 Å². The normalized spacial score (nSPS) is 30.9. The summed E-state index contributed by atoms with van der Waals surface area (Å²) in [5.74, 6) is 0.0930. The van der Waals surface area contributed by atoms with Gasteiger partial charge in [0.15, 0.2) is 0 Å². The van der Waals surface area contributed by atoms with Crippen molar-refractivity contribution < 1.29 is 9.18 Å². The highest BCUT2D eigenvalue weighted by molar-refractivity contribution is 6.30. The van der Waals surface area contributed by atoms with Crippen molar-refractivity contribution >= 4 is 35.6 Å². The van der Waals surface area contributed by atoms with Crippen molar-refractivity contribution in [2.45, 2.75) is 25.3 Å². The highest BCUT2D eigenvalue weighted by Crippen LogP contribution is 2.47. The quantitative estimate of drug-likeness (QED) is 0.879. The van der Waals surface area contributed by atoms with Gasteiger partial charge in [0.05, 0.1) is 10.9 Å². The number of nitrogens with one attached hydrogen (secondary N) is 1. The average molecular weight is 319 g/mol. The van der Waals surface area contributed by atoms with Crippen LogP contribution in [0.15, 0.2) is 18.2 Å². The van der Waals surface area contributed by atoms with E-state index in [1.165, 1.54) is 12.1 Å². The maximum absolute atomic E-state index is 13.3. The van der Waals surface area contributed by atoms with Gasteiger partial charge in [-0.1, -0.05) is 11.6 Å². The Morgan fingerprint density at radius 1 is 1.35 bits per heavy atom. The number of carbonyl (C=O) groups excluding carboxylic acids is 1. The molecule has 2 saturated carbocycles. The number of anilines is 1. The van der Waals surface area contributed by atoms with Crippen LogP contribution in [0.25, 0.3) is 0 Å². The monoisotopic (exact) mass is 318 g/mol. The zero-order valence-corrected chi connectivity index (χ0v) is 12.4. The molecule has 0 saturated heterocycles. The van der Waals surface area contributed by atoms with Crippen molar-refractivity contribution in [3.8, 4) is 0 Å². The molecule has 110 valence electrons. The number of rotatable bonds is 2. The van der Waals surface area contributed by atoms with Gasteiger partial charge in [0.1, 0.15) is 5.82 Å². The predicted molar refractivity (Wildman–Crippen MR) is 79.6 cm³/mol. The smallest absolute Gasteiger partial charge is 0.229 e. The van der Waals surface area contributed by atoms with Crippen LogP contribution in [0.2, 0.25) is 5.02 Å². The highest BCUT2D eigenvalue weighted by atomic mass is 35.5. The Hall–Kier alpha value is -0.840. The summed E-state index contributed by atoms with van der Waals surface area (Å²) in [5, 5.41) is 2.80. The first-order valence-electron chi connectivity index (χ1n) is 6.58. The maximum Gasteiger partial charge on any atom is 0.229 e. The van der Waals surface area contributed by atoms with Gasteiger partial charge in [-0.15, -0.1) is 12.4 Å². The molecule has 0 spiro atoms. The fraction of sp³-hybridized carbons (Fsp3) is 0.500. The standard InChI is InChI=1S/C14H16ClFN2O.ClH/c15-10-4-3-9(6-11(10)16)18-14(19)12-7-1-2-8(5-7)13(12)17;/h3-4,6-8,12-13H,1-2,5,17H2,(H,18,19);1H. The van der Waals surface area contributed by atoms with Crippen LogP contribution in [-0.2, 0) is 4.79 Å². The van der Waals surface area contributed by atoms with Crippen LogP contribution in [-0.4, -0.2) is 11.9 Å². The molecular formula is C14H17Cl2FN2O. The Balaban J connectivity index is 0.00000147. The van der Waals surface area contributed by atoms with Gasteiger partial charge in [0.25, 0.3) is 0 Å². The number of hydrogen-bond acceptors (Lipinski definition) is 2. The van der Waals surface area contributed by atoms with E-state index in [0.717, 1.165) is 19.3 Å². The van der Waals surface area contributed by atoms with Gasteiger partial charge in [0, 0.05) is 11.7 Å². The summed E-state index contributed by atoms with van der Waals surface area (Å²) >= 11 is 5.61. The molecule has 2 aliphatic carbocycles. The van der Waals surface area contributed by atoms with E-state index in [-0.39, 0.29) is 35.3 Å². The molecule has 2 fully saturated rings. The summed E-state index contributed by atoms with van der Waals surface area (Å²) < 4.78 is 13.3. The van der Waals surface area contributed by atoms with Gasteiger partial charge in [-0.25, -0.2) is 4.39 Å². The molecule has 0 heterocycles. The van der Waals surface area contributed by atoms with Crippen molar-refractivity contribution in [2.24, 2.45) is 23.5 Å². The minimum absolute atomic E-state index is 0. The lowest BCUT2D eigenvalue weighted by Crippen LogP contribution is -2.42. The SMILES string of the molecule is Cl.NC1C2CCC(C2)C1C(=O)Nc1ccc(Cl)c(F)c1. The fourth-order valence-corrected chi connectivity index (χ4v) is 3.64. The number of halogens is 3. The third-order valence-corrected chi connectivity index (χ3v) is 4.78. The van der Waals surface area contributed by atoms with E-state index in [0.29, 0.717) is 17.5 Å². The molecule has 1 amide bonds. The molecule has 6 heteroatoms. The molecule has 4 unspecified atom stereocenters. The molecule has 0 aromatic heterocycles. The third kappa shape index (κ3) is 2.65. The number of fused-ring (bicyclic) bond motifs is 2. The van der Waals surface area contributed by atoms with Gasteiger partial charge < -0.3 is 11.1 Å². The molecule has 20 heavy (non-hydrogen) atoms. The molecule has 1 aromatic rings. The molecule has 3 nitrogen and oxygen atoms in total. The third-order valence-electron chi connectivity index (χ3n) is 4.47. The molecule has 0 aliphatic heterocycles. The first-order valence-corrected chi connectivity index (χ1v) is 6.95. The lowest BCUT2D eigenvalue weighted by molar-refractivity contribution is -0.121. The number of benzene rings is 1. The van der Waals surface area contributed by atoms with Gasteiger partial charge in [-0.3, -0.25) is 4.79 Å². The van der Waals surface area contributed by atoms with Crippen LogP contribution in [0.4, 0.5) is 10.1 Å². The van der Waals surface area contributed by atoms with Crippen LogP contribution < -0.4 is 11.1 Å². The maximum atomic E-state index is 13.3. The van der Waals surface area contributed by atoms with Gasteiger partial charge in [-0.05, 0) is 49.3 Å². The Bertz CT molecular complexity index is 524. The molecule has 2 aliphatic rings. The molecule has 2 bridgehead atoms. The summed E-state index contributed by atoms with van der Waals surface area (Å²) in [6, 6.07) is 4.21. The van der Waals surface area contributed by atoms with Gasteiger partial charge >= 0.3 is 0 Å². The van der Waals surface area contributed by atoms with Crippen molar-refractivity contribution in [2.75, 3.05) is 5.32 Å². The predicted octanol–water partition coefficient (Wildman–Crippen LogP) is 3.21. The summed E-state index contributed by atoms with van der Waals surface area (Å²) in [6.07, 6.45) is 3.25. The molecule has 3 rings (SSSR count). The van der Waals surface area contributed by atoms with Crippen LogP contribution >= 0.6 is 24.0 Å². The van der Waals surface area contributed by atoms with Crippen molar-refractivity contribution in [3.63, 3.8) is 0 Å². The van der Waals surface area contributed by atoms with E-state index in [4.69, 9.17) is 17.3 Å². The minimum atomic E-state index is -0.531. The van der Waals surface area contributed by atoms with E-state index in [9.17, 15) is 9.18 Å². The summed E-state index contributed by atoms with van der Waals surface area (Å²) in [6.45, 7) is 0. The van der Waals surface area contributed by atoms with Crippen LogP contribution in [0.3, 0.4) is 0 Å². The zero-order chi connectivity index (χ0) is 13.6. The number of carbonyl (C=O) groups is 1. The van der Waals surface area contributed by atoms with E-state index < -0.39 is 5.82 Å². The Kier molecular flexibility index (Phi) is 4.57. The number of nitrogens with two attached hydrogens (primary N) is 1. The fourth-order valence-electron chi connectivity index (χ4n) is 3.52. The summed E-state index contributed by atoms with van der Waals surface area (Å²) in [7, 11) is 0. The van der Waals surface area contributed by atoms with E-state index >= 15 is 0 Å². The first-order chi connectivity index (χ1) is 9.06. The van der Waals surface area contributed by atoms with E-state index in [2.05, 4.69) is 5.32 Å². The lowest BCUT2D eigenvalue weighted by atomic mass is 9.84. The van der Waals surface area contributed by atoms with Crippen LogP contribution in [0, 0.1) is 23.6 Å². The lowest BCUT2D eigenvalue weighted by Gasteiger charge is -2.27. The highest BCUT2D eigenvalue weighted by Gasteiger charge is 2.49. The Morgan fingerprint density at radius 3 is 2.65 bits per heavy atom. The second-order valence-electron chi connectivity index (χ2n) is 5.55. The van der Waals surface area contributed by atoms with Gasteiger partial charge in [0.2, 0.25) is 5.91 Å². The Morgan fingerprint density at radius 2 is 2.05 bits per heavy atom. The molecule has 3 N–H and O–H groups in total. The largest absolute Gasteiger partial charge is 0.327 e. The van der Waals surface area contributed by atoms with Crippen LogP contribution in [0.1, 0.15) is 19.3 Å². The second kappa shape index (κ2) is 5.88. The zero-order valence-electron chi connectivity index (χ0n) is 10.8. The van der Waals surface area contributed by atoms with Crippen molar-refractivity contribution in [3.05, 3.63) is 29.0 Å². The molecule has 1 aromatic carbocycles. The summed E-state index contributed by atoms with van der Waals surface area (Å²) in [5.41, 5.74) is 6.55. The van der Waals surface area contributed by atoms with Crippen molar-refractivity contribution in [1.82, 2.24) is 0 Å². The van der Waals surface area contributed by atoms with Crippen molar-refractivity contribution in [1.29, 1.82) is 0 Å². The molecule has 4 atom stereocenters. The number of hydrogen-bond donors (Lipinski definition) is 2. The first kappa shape index (κ1) is 15.5. The molecule has 0 radical (unpaired) electrons. The summed E-state index contributed by atoms with van der Waals surface area (Å²) in [4.78, 5) is 12.3. The second-order valence-corrected chi connectivity index (χ2v) is 5.96. The minimum Gasteiger partial charge on any atom is -0.327 e. The number of amides is 1. The van der Waals surface area contributed by atoms with E-state index in [1.54, 1.807) is 6.07 Å². The van der Waals surface area contributed by atoms with Gasteiger partial charge in [-0.2, -0.15) is 0 Å². The Labute approximate surface area is 128 Å². The molecular weight excluding hydrogens is 302 g/mol. The van der Waals surface area contributed by atoms with E-state index in [1.807, 2.05) is 0 Å². The van der Waals surface area contributed by atoms with Crippen LogP contribution in [0.5, 0.6) is 0 Å². The average Bonchev–Trinajstić information content (AvgIpc) is 2.94.